The van der Waals surface area contributed by atoms with E-state index in [1.807, 2.05) is 0 Å². The summed E-state index contributed by atoms with van der Waals surface area (Å²) in [6.45, 7) is 2.31. The molecule has 3 heterocycles. The van der Waals surface area contributed by atoms with Crippen LogP contribution in [0, 0.1) is 0 Å². The van der Waals surface area contributed by atoms with Crippen LogP contribution in [-0.2, 0) is 44.4 Å². The van der Waals surface area contributed by atoms with Crippen molar-refractivity contribution < 1.29 is 89.0 Å². The van der Waals surface area contributed by atoms with Crippen LogP contribution >= 0.6 is 0 Å². The van der Waals surface area contributed by atoms with E-state index in [1.165, 1.54) is 50.3 Å². The molecule has 0 bridgehead atoms. The van der Waals surface area contributed by atoms with Crippen molar-refractivity contribution in [2.24, 2.45) is 0 Å². The number of rotatable bonds is 12. The van der Waals surface area contributed by atoms with Crippen molar-refractivity contribution in [1.29, 1.82) is 0 Å². The summed E-state index contributed by atoms with van der Waals surface area (Å²) in [5, 5.41) is 104. The molecule has 53 heavy (non-hydrogen) atoms. The average molecular weight is 755 g/mol. The van der Waals surface area contributed by atoms with Crippen LogP contribution in [0.15, 0.2) is 48.5 Å². The van der Waals surface area contributed by atoms with Crippen LogP contribution in [-0.4, -0.2) is 162 Å². The monoisotopic (exact) mass is 754 g/mol. The van der Waals surface area contributed by atoms with Gasteiger partial charge in [-0.25, -0.2) is 4.79 Å². The number of carbonyl (C=O) groups is 1. The van der Waals surface area contributed by atoms with Crippen LogP contribution in [0.4, 0.5) is 0 Å². The molecule has 294 valence electrons. The molecule has 3 saturated heterocycles. The fourth-order valence-electron chi connectivity index (χ4n) is 6.06. The molecule has 3 aliphatic rings. The average Bonchev–Trinajstić information content (AvgIpc) is 3.13. The van der Waals surface area contributed by atoms with Crippen molar-refractivity contribution in [3.05, 3.63) is 59.7 Å². The first-order valence-corrected chi connectivity index (χ1v) is 16.9. The number of hydrogen-bond acceptors (Lipinski definition) is 18. The van der Waals surface area contributed by atoms with Crippen molar-refractivity contribution in [2.45, 2.75) is 112 Å². The summed E-state index contributed by atoms with van der Waals surface area (Å²) in [7, 11) is 0. The predicted octanol–water partition coefficient (Wildman–Crippen LogP) is -1.87. The van der Waals surface area contributed by atoms with Gasteiger partial charge in [0.1, 0.15) is 73.4 Å². The molecule has 2 aromatic carbocycles. The van der Waals surface area contributed by atoms with Crippen LogP contribution < -0.4 is 0 Å². The minimum atomic E-state index is -1.86. The number of phenolic OH excluding ortho intramolecular Hbond substituents is 3. The largest absolute Gasteiger partial charge is 0.508 e. The second-order valence-corrected chi connectivity index (χ2v) is 13.1. The van der Waals surface area contributed by atoms with Gasteiger partial charge < -0.3 is 84.2 Å². The van der Waals surface area contributed by atoms with Gasteiger partial charge in [-0.1, -0.05) is 18.2 Å². The highest BCUT2D eigenvalue weighted by molar-refractivity contribution is 5.87. The second-order valence-electron chi connectivity index (χ2n) is 13.1. The lowest BCUT2D eigenvalue weighted by molar-refractivity contribution is -0.375. The molecule has 0 aliphatic carbocycles. The van der Waals surface area contributed by atoms with Crippen molar-refractivity contribution in [2.75, 3.05) is 13.2 Å². The maximum atomic E-state index is 12.5. The maximum Gasteiger partial charge on any atom is 0.330 e. The highest BCUT2D eigenvalue weighted by Crippen LogP contribution is 2.33. The lowest BCUT2D eigenvalue weighted by atomic mass is 9.96. The van der Waals surface area contributed by atoms with Gasteiger partial charge in [-0.05, 0) is 61.7 Å². The van der Waals surface area contributed by atoms with E-state index in [0.717, 1.165) is 11.6 Å². The first-order chi connectivity index (χ1) is 25.1. The van der Waals surface area contributed by atoms with E-state index in [1.54, 1.807) is 12.1 Å². The van der Waals surface area contributed by atoms with Gasteiger partial charge in [0.2, 0.25) is 0 Å². The standard InChI is InChI=1S/C35H46O18/c1-15-24(40)26(42)28(44)34(49-15)52-31-16(2)50-35(29(45)27(31)43)53-32-25(41)22(14-48-23(39)10-6-18-5-9-20(37)21(38)13-18)51-33(30(32)46)47-12-11-17-3-7-19(36)8-4-17/h3-10,13,15-16,22,24-38,40-46H,11-12,14H2,1-2H3/b10-6+/t15-,16-,22+,24-,25+,26+,27-,28+,29+,30+,31-,32-,33+,34-,35-/m1/s1. The van der Waals surface area contributed by atoms with Crippen LogP contribution in [0.5, 0.6) is 17.2 Å². The Balaban J connectivity index is 1.26. The number of carbonyl (C=O) groups excluding carboxylic acids is 1. The molecule has 18 heteroatoms. The van der Waals surface area contributed by atoms with Gasteiger partial charge in [0.15, 0.2) is 30.4 Å². The van der Waals surface area contributed by atoms with Crippen LogP contribution in [0.1, 0.15) is 25.0 Å². The van der Waals surface area contributed by atoms with Gasteiger partial charge >= 0.3 is 5.97 Å². The maximum absolute atomic E-state index is 12.5. The predicted molar refractivity (Wildman–Crippen MR) is 177 cm³/mol. The fourth-order valence-corrected chi connectivity index (χ4v) is 6.06. The highest BCUT2D eigenvalue weighted by Gasteiger charge is 2.53. The SMILES string of the molecule is C[C@H]1O[C@H](O[C@H]2[C@H](O)[C@H](O)[C@@H](O[C@H]3[C@H](O)[C@@H](OCCc4ccc(O)cc4)O[C@@H](COC(=O)/C=C/c4ccc(O)c(O)c4)[C@@H]3O)O[C@@H]2C)[C@@H](O)[C@@H](O)[C@@H]1O. The molecule has 5 rings (SSSR count). The van der Waals surface area contributed by atoms with Crippen LogP contribution in [0.3, 0.4) is 0 Å². The molecular weight excluding hydrogens is 708 g/mol. The smallest absolute Gasteiger partial charge is 0.330 e. The Morgan fingerprint density at radius 1 is 0.679 bits per heavy atom. The Morgan fingerprint density at radius 3 is 2.00 bits per heavy atom. The third kappa shape index (κ3) is 9.80. The van der Waals surface area contributed by atoms with Gasteiger partial charge in [-0.3, -0.25) is 0 Å². The Bertz CT molecular complexity index is 1520. The molecule has 0 aromatic heterocycles. The van der Waals surface area contributed by atoms with Crippen molar-refractivity contribution in [3.63, 3.8) is 0 Å². The topological polar surface area (TPSA) is 284 Å². The lowest BCUT2D eigenvalue weighted by Crippen LogP contribution is -2.65. The molecule has 15 atom stereocenters. The fraction of sp³-hybridized carbons (Fsp3) is 0.571. The van der Waals surface area contributed by atoms with E-state index in [0.29, 0.717) is 12.0 Å². The number of aliphatic hydroxyl groups excluding tert-OH is 7. The molecule has 3 aliphatic heterocycles. The number of hydrogen-bond donors (Lipinski definition) is 10. The van der Waals surface area contributed by atoms with Crippen LogP contribution in [0.2, 0.25) is 0 Å². The molecule has 0 saturated carbocycles. The molecule has 0 spiro atoms. The quantitative estimate of drug-likeness (QED) is 0.0645. The zero-order valence-corrected chi connectivity index (χ0v) is 28.7. The van der Waals surface area contributed by atoms with E-state index < -0.39 is 110 Å². The minimum absolute atomic E-state index is 0.0131. The molecule has 2 aromatic rings. The zero-order valence-electron chi connectivity index (χ0n) is 28.7. The summed E-state index contributed by atoms with van der Waals surface area (Å²) in [5.41, 5.74) is 1.15. The normalized spacial score (nSPS) is 37.8. The van der Waals surface area contributed by atoms with Crippen molar-refractivity contribution in [1.82, 2.24) is 0 Å². The number of esters is 1. The van der Waals surface area contributed by atoms with E-state index in [-0.39, 0.29) is 18.1 Å². The summed E-state index contributed by atoms with van der Waals surface area (Å²) >= 11 is 0. The number of phenols is 3. The molecule has 10 N–H and O–H groups in total. The van der Waals surface area contributed by atoms with Gasteiger partial charge in [0.25, 0.3) is 0 Å². The van der Waals surface area contributed by atoms with Crippen molar-refractivity contribution >= 4 is 12.0 Å². The van der Waals surface area contributed by atoms with Gasteiger partial charge in [-0.15, -0.1) is 0 Å². The first kappa shape index (κ1) is 40.7. The van der Waals surface area contributed by atoms with Gasteiger partial charge in [-0.2, -0.15) is 0 Å². The number of aromatic hydroxyl groups is 3. The summed E-state index contributed by atoms with van der Waals surface area (Å²) in [4.78, 5) is 12.5. The molecule has 0 amide bonds. The summed E-state index contributed by atoms with van der Waals surface area (Å²) < 4.78 is 39.6. The summed E-state index contributed by atoms with van der Waals surface area (Å²) in [6, 6.07) is 10.2. The van der Waals surface area contributed by atoms with Gasteiger partial charge in [0, 0.05) is 6.08 Å². The number of aliphatic hydroxyl groups is 7. The molecular formula is C35H46O18. The Labute approximate surface area is 303 Å². The Morgan fingerprint density at radius 2 is 1.32 bits per heavy atom. The van der Waals surface area contributed by atoms with E-state index >= 15 is 0 Å². The second kappa shape index (κ2) is 17.8. The van der Waals surface area contributed by atoms with E-state index in [4.69, 9.17) is 33.2 Å². The Hall–Kier alpha value is -3.47. The first-order valence-electron chi connectivity index (χ1n) is 16.9. The number of ether oxygens (including phenoxy) is 7. The zero-order chi connectivity index (χ0) is 38.6. The molecule has 3 fully saturated rings. The Kier molecular flexibility index (Phi) is 13.7. The summed E-state index contributed by atoms with van der Waals surface area (Å²) in [6.07, 6.45) is -20.1. The minimum Gasteiger partial charge on any atom is -0.508 e. The van der Waals surface area contributed by atoms with Crippen LogP contribution in [0.25, 0.3) is 6.08 Å². The molecule has 18 nitrogen and oxygen atoms in total. The third-order valence-corrected chi connectivity index (χ3v) is 9.22. The van der Waals surface area contributed by atoms with E-state index in [9.17, 15) is 55.9 Å². The molecule has 0 radical (unpaired) electrons. The van der Waals surface area contributed by atoms with Crippen molar-refractivity contribution in [3.8, 4) is 17.2 Å². The third-order valence-electron chi connectivity index (χ3n) is 9.22. The van der Waals surface area contributed by atoms with Gasteiger partial charge in [0.05, 0.1) is 18.8 Å². The summed E-state index contributed by atoms with van der Waals surface area (Å²) in [5.74, 6) is -1.55. The van der Waals surface area contributed by atoms with E-state index in [2.05, 4.69) is 0 Å². The lowest BCUT2D eigenvalue weighted by Gasteiger charge is -2.47. The number of benzene rings is 2. The highest BCUT2D eigenvalue weighted by atomic mass is 16.8. The molecule has 0 unspecified atom stereocenters.